The Morgan fingerprint density at radius 3 is 2.62 bits per heavy atom. The molecule has 0 atom stereocenters. The average molecular weight is 300 g/mol. The molecule has 1 heterocycles. The van der Waals surface area contributed by atoms with Crippen molar-refractivity contribution in [3.63, 3.8) is 0 Å². The highest BCUT2D eigenvalue weighted by Gasteiger charge is 2.12. The van der Waals surface area contributed by atoms with E-state index in [0.29, 0.717) is 23.8 Å². The molecule has 0 aliphatic rings. The zero-order chi connectivity index (χ0) is 14.7. The molecule has 106 valence electrons. The fourth-order valence-electron chi connectivity index (χ4n) is 2.15. The predicted molar refractivity (Wildman–Crippen MR) is 82.4 cm³/mol. The Labute approximate surface area is 127 Å². The summed E-state index contributed by atoms with van der Waals surface area (Å²) in [6, 6.07) is 15.3. The number of hydrogen-bond donors (Lipinski definition) is 1. The van der Waals surface area contributed by atoms with Crippen molar-refractivity contribution in [2.45, 2.75) is 6.42 Å². The standard InChI is InChI=1S/C15H14ClN5/c16-13-7-4-8-14(12(13)9-10-17)21-19-15(18-20-21)11-5-2-1-3-6-11/h1-8H,9-10,17H2. The lowest BCUT2D eigenvalue weighted by molar-refractivity contribution is 0.710. The Hall–Kier alpha value is -2.24. The van der Waals surface area contributed by atoms with E-state index in [9.17, 15) is 0 Å². The molecule has 6 heteroatoms. The van der Waals surface area contributed by atoms with E-state index in [1.54, 1.807) is 0 Å². The lowest BCUT2D eigenvalue weighted by Crippen LogP contribution is -2.09. The number of nitrogens with two attached hydrogens (primary N) is 1. The third-order valence-electron chi connectivity index (χ3n) is 3.15. The van der Waals surface area contributed by atoms with Gasteiger partial charge in [-0.05, 0) is 35.9 Å². The summed E-state index contributed by atoms with van der Waals surface area (Å²) in [5.74, 6) is 0.578. The van der Waals surface area contributed by atoms with Crippen molar-refractivity contribution >= 4 is 11.6 Å². The van der Waals surface area contributed by atoms with Crippen LogP contribution in [0.25, 0.3) is 17.1 Å². The molecule has 21 heavy (non-hydrogen) atoms. The second-order valence-corrected chi connectivity index (χ2v) is 4.95. The van der Waals surface area contributed by atoms with Gasteiger partial charge in [0.05, 0.1) is 5.69 Å². The molecule has 0 saturated heterocycles. The monoisotopic (exact) mass is 299 g/mol. The van der Waals surface area contributed by atoms with Gasteiger partial charge in [-0.3, -0.25) is 0 Å². The molecule has 0 aliphatic heterocycles. The van der Waals surface area contributed by atoms with Gasteiger partial charge in [0.2, 0.25) is 5.82 Å². The fourth-order valence-corrected chi connectivity index (χ4v) is 2.41. The van der Waals surface area contributed by atoms with Crippen LogP contribution in [0.15, 0.2) is 48.5 Å². The maximum atomic E-state index is 6.24. The molecule has 3 aromatic rings. The van der Waals surface area contributed by atoms with Crippen molar-refractivity contribution in [3.05, 3.63) is 59.1 Å². The summed E-state index contributed by atoms with van der Waals surface area (Å²) in [7, 11) is 0. The Balaban J connectivity index is 2.03. The van der Waals surface area contributed by atoms with Gasteiger partial charge in [-0.25, -0.2) is 0 Å². The summed E-state index contributed by atoms with van der Waals surface area (Å²) in [5.41, 5.74) is 8.31. The molecular weight excluding hydrogens is 286 g/mol. The first-order valence-electron chi connectivity index (χ1n) is 6.63. The highest BCUT2D eigenvalue weighted by molar-refractivity contribution is 6.31. The number of benzene rings is 2. The van der Waals surface area contributed by atoms with Crippen LogP contribution >= 0.6 is 11.6 Å². The Bertz CT molecular complexity index is 739. The maximum absolute atomic E-state index is 6.24. The van der Waals surface area contributed by atoms with Gasteiger partial charge < -0.3 is 5.73 Å². The van der Waals surface area contributed by atoms with E-state index >= 15 is 0 Å². The van der Waals surface area contributed by atoms with Crippen molar-refractivity contribution in [2.24, 2.45) is 5.73 Å². The molecular formula is C15H14ClN5. The summed E-state index contributed by atoms with van der Waals surface area (Å²) in [6.45, 7) is 0.511. The van der Waals surface area contributed by atoms with Crippen LogP contribution in [-0.2, 0) is 6.42 Å². The second-order valence-electron chi connectivity index (χ2n) is 4.54. The molecule has 2 N–H and O–H groups in total. The smallest absolute Gasteiger partial charge is 0.205 e. The third kappa shape index (κ3) is 2.79. The highest BCUT2D eigenvalue weighted by atomic mass is 35.5. The van der Waals surface area contributed by atoms with Gasteiger partial charge in [0.15, 0.2) is 0 Å². The van der Waals surface area contributed by atoms with E-state index in [1.807, 2.05) is 48.5 Å². The minimum absolute atomic E-state index is 0.511. The van der Waals surface area contributed by atoms with E-state index in [4.69, 9.17) is 17.3 Å². The van der Waals surface area contributed by atoms with Gasteiger partial charge in [-0.1, -0.05) is 48.0 Å². The first-order valence-corrected chi connectivity index (χ1v) is 7.00. The minimum Gasteiger partial charge on any atom is -0.330 e. The molecule has 0 amide bonds. The number of nitrogens with zero attached hydrogens (tertiary/aromatic N) is 4. The molecule has 0 radical (unpaired) electrons. The number of hydrogen-bond acceptors (Lipinski definition) is 4. The Morgan fingerprint density at radius 2 is 1.86 bits per heavy atom. The molecule has 0 unspecified atom stereocenters. The second kappa shape index (κ2) is 6.03. The van der Waals surface area contributed by atoms with E-state index in [0.717, 1.165) is 16.8 Å². The van der Waals surface area contributed by atoms with Gasteiger partial charge in [0, 0.05) is 10.6 Å². The fraction of sp³-hybridized carbons (Fsp3) is 0.133. The van der Waals surface area contributed by atoms with Crippen LogP contribution in [0.2, 0.25) is 5.02 Å². The Kier molecular flexibility index (Phi) is 3.94. The Morgan fingerprint density at radius 1 is 1.05 bits per heavy atom. The summed E-state index contributed by atoms with van der Waals surface area (Å²) in [6.07, 6.45) is 0.664. The lowest BCUT2D eigenvalue weighted by atomic mass is 10.1. The van der Waals surface area contributed by atoms with Crippen LogP contribution in [-0.4, -0.2) is 26.8 Å². The minimum atomic E-state index is 0.511. The molecule has 2 aromatic carbocycles. The molecule has 0 saturated carbocycles. The topological polar surface area (TPSA) is 69.6 Å². The maximum Gasteiger partial charge on any atom is 0.205 e. The summed E-state index contributed by atoms with van der Waals surface area (Å²) in [5, 5.41) is 13.3. The van der Waals surface area contributed by atoms with Crippen LogP contribution in [0, 0.1) is 0 Å². The number of tetrazole rings is 1. The average Bonchev–Trinajstić information content (AvgIpc) is 3.00. The van der Waals surface area contributed by atoms with Crippen molar-refractivity contribution in [1.29, 1.82) is 0 Å². The van der Waals surface area contributed by atoms with Gasteiger partial charge >= 0.3 is 0 Å². The predicted octanol–water partition coefficient (Wildman–Crippen LogP) is 2.48. The molecule has 5 nitrogen and oxygen atoms in total. The van der Waals surface area contributed by atoms with Crippen molar-refractivity contribution in [2.75, 3.05) is 6.54 Å². The summed E-state index contributed by atoms with van der Waals surface area (Å²) in [4.78, 5) is 1.50. The van der Waals surface area contributed by atoms with Crippen LogP contribution in [0.3, 0.4) is 0 Å². The van der Waals surface area contributed by atoms with Gasteiger partial charge in [-0.2, -0.15) is 0 Å². The normalized spacial score (nSPS) is 10.8. The van der Waals surface area contributed by atoms with Gasteiger partial charge in [-0.15, -0.1) is 15.0 Å². The van der Waals surface area contributed by atoms with Crippen molar-refractivity contribution in [1.82, 2.24) is 20.2 Å². The van der Waals surface area contributed by atoms with Crippen molar-refractivity contribution < 1.29 is 0 Å². The molecule has 1 aromatic heterocycles. The quantitative estimate of drug-likeness (QED) is 0.803. The third-order valence-corrected chi connectivity index (χ3v) is 3.50. The zero-order valence-corrected chi connectivity index (χ0v) is 12.0. The zero-order valence-electron chi connectivity index (χ0n) is 11.3. The largest absolute Gasteiger partial charge is 0.330 e. The number of rotatable bonds is 4. The van der Waals surface area contributed by atoms with Gasteiger partial charge in [0.25, 0.3) is 0 Å². The molecule has 0 aliphatic carbocycles. The molecule has 0 bridgehead atoms. The van der Waals surface area contributed by atoms with E-state index in [-0.39, 0.29) is 0 Å². The number of aromatic nitrogens is 4. The van der Waals surface area contributed by atoms with Crippen LogP contribution in [0.5, 0.6) is 0 Å². The lowest BCUT2D eigenvalue weighted by Gasteiger charge is -2.08. The van der Waals surface area contributed by atoms with E-state index in [2.05, 4.69) is 15.4 Å². The summed E-state index contributed by atoms with van der Waals surface area (Å²) < 4.78 is 0. The molecule has 0 fully saturated rings. The molecule has 0 spiro atoms. The van der Waals surface area contributed by atoms with E-state index in [1.165, 1.54) is 4.80 Å². The van der Waals surface area contributed by atoms with Gasteiger partial charge in [0.1, 0.15) is 0 Å². The van der Waals surface area contributed by atoms with Crippen molar-refractivity contribution in [3.8, 4) is 17.1 Å². The first-order chi connectivity index (χ1) is 10.3. The highest BCUT2D eigenvalue weighted by Crippen LogP contribution is 2.23. The molecule has 3 rings (SSSR count). The van der Waals surface area contributed by atoms with Crippen LogP contribution in [0.1, 0.15) is 5.56 Å². The number of halogens is 1. The van der Waals surface area contributed by atoms with Crippen LogP contribution < -0.4 is 5.73 Å². The first kappa shape index (κ1) is 13.7. The van der Waals surface area contributed by atoms with Crippen LogP contribution in [0.4, 0.5) is 0 Å². The SMILES string of the molecule is NCCc1c(Cl)cccc1-n1nnc(-c2ccccc2)n1. The van der Waals surface area contributed by atoms with E-state index < -0.39 is 0 Å². The summed E-state index contributed by atoms with van der Waals surface area (Å²) >= 11 is 6.24.